The molecule has 1 heterocycles. The smallest absolute Gasteiger partial charge is 0.227 e. The largest absolute Gasteiger partial charge is 0.383 e. The lowest BCUT2D eigenvalue weighted by atomic mass is 10.1. The van der Waals surface area contributed by atoms with E-state index >= 15 is 0 Å². The third-order valence-electron chi connectivity index (χ3n) is 4.21. The molecule has 1 aromatic heterocycles. The fraction of sp³-hybridized carbons (Fsp3) is 0.333. The van der Waals surface area contributed by atoms with Crippen molar-refractivity contribution in [3.63, 3.8) is 0 Å². The first-order valence-electron chi connectivity index (χ1n) is 9.52. The highest BCUT2D eigenvalue weighted by Crippen LogP contribution is 2.25. The Labute approximate surface area is 186 Å². The van der Waals surface area contributed by atoms with Crippen molar-refractivity contribution in [1.82, 2.24) is 15.1 Å². The summed E-state index contributed by atoms with van der Waals surface area (Å²) in [6, 6.07) is 8.58. The van der Waals surface area contributed by atoms with Crippen LogP contribution in [0.4, 0.5) is 5.69 Å². The molecule has 0 saturated heterocycles. The Morgan fingerprint density at radius 2 is 2.13 bits per heavy atom. The van der Waals surface area contributed by atoms with Crippen molar-refractivity contribution in [2.45, 2.75) is 32.7 Å². The van der Waals surface area contributed by atoms with Crippen LogP contribution in [0.5, 0.6) is 0 Å². The van der Waals surface area contributed by atoms with Crippen molar-refractivity contribution in [3.8, 4) is 6.07 Å². The molecule has 2 aromatic rings. The molecule has 2 rings (SSSR count). The first-order chi connectivity index (χ1) is 14.9. The number of guanidine groups is 1. The summed E-state index contributed by atoms with van der Waals surface area (Å²) in [6.07, 6.45) is 2.50. The predicted octanol–water partition coefficient (Wildman–Crippen LogP) is 3.12. The molecule has 0 fully saturated rings. The van der Waals surface area contributed by atoms with Gasteiger partial charge in [0.05, 0.1) is 42.8 Å². The number of aliphatic hydroxyl groups excluding tert-OH is 1. The van der Waals surface area contributed by atoms with Crippen molar-refractivity contribution in [1.29, 1.82) is 5.26 Å². The number of methoxy groups -OCH3 is 1. The Balaban J connectivity index is 2.19. The van der Waals surface area contributed by atoms with Gasteiger partial charge in [0.1, 0.15) is 6.23 Å². The van der Waals surface area contributed by atoms with Crippen LogP contribution in [-0.2, 0) is 11.3 Å². The molecule has 2 atom stereocenters. The summed E-state index contributed by atoms with van der Waals surface area (Å²) in [7, 11) is 1.63. The fourth-order valence-electron chi connectivity index (χ4n) is 2.61. The number of nitrogens with zero attached hydrogens (tertiary/aromatic N) is 5. The summed E-state index contributed by atoms with van der Waals surface area (Å²) in [5.74, 6) is 0.259. The minimum atomic E-state index is -0.960. The number of aliphatic hydroxyl groups is 1. The molecule has 0 bridgehead atoms. The summed E-state index contributed by atoms with van der Waals surface area (Å²) >= 11 is 6.29. The van der Waals surface area contributed by atoms with Gasteiger partial charge in [-0.2, -0.15) is 10.4 Å². The lowest BCUT2D eigenvalue weighted by molar-refractivity contribution is 0.133. The molecule has 0 amide bonds. The molecule has 0 aliphatic rings. The standard InChI is InChI=1S/C21H26ClN7O2/c1-14(11-23)26-20(30)17-7-5-16(6-8-17)19(15(2)22)28-21(24-3)27-18-12-25-29(13-18)9-10-31-4/h5-8,12-14,20,26,30H,3,9-10H2,1-2,4H3,(H,27,28)/b19-15+/t14-,20?/m0/s1. The van der Waals surface area contributed by atoms with E-state index < -0.39 is 12.3 Å². The number of hydrogen-bond donors (Lipinski definition) is 3. The van der Waals surface area contributed by atoms with Gasteiger partial charge in [0.25, 0.3) is 0 Å². The van der Waals surface area contributed by atoms with Crippen LogP contribution in [0.2, 0.25) is 0 Å². The molecule has 0 saturated carbocycles. The Morgan fingerprint density at radius 3 is 2.71 bits per heavy atom. The first-order valence-corrected chi connectivity index (χ1v) is 9.90. The van der Waals surface area contributed by atoms with E-state index in [1.807, 2.05) is 12.3 Å². The van der Waals surface area contributed by atoms with E-state index in [0.717, 1.165) is 5.56 Å². The summed E-state index contributed by atoms with van der Waals surface area (Å²) in [4.78, 5) is 8.45. The zero-order valence-corrected chi connectivity index (χ0v) is 18.5. The molecule has 9 nitrogen and oxygen atoms in total. The number of nitrogens with one attached hydrogen (secondary N) is 2. The monoisotopic (exact) mass is 443 g/mol. The zero-order chi connectivity index (χ0) is 22.8. The highest BCUT2D eigenvalue weighted by atomic mass is 35.5. The van der Waals surface area contributed by atoms with E-state index in [1.54, 1.807) is 56.1 Å². The molecule has 31 heavy (non-hydrogen) atoms. The highest BCUT2D eigenvalue weighted by Gasteiger charge is 2.12. The van der Waals surface area contributed by atoms with E-state index in [-0.39, 0.29) is 5.96 Å². The van der Waals surface area contributed by atoms with Crippen LogP contribution in [-0.4, -0.2) is 47.3 Å². The van der Waals surface area contributed by atoms with Crippen molar-refractivity contribution in [2.75, 3.05) is 19.0 Å². The van der Waals surface area contributed by atoms with Crippen molar-refractivity contribution in [2.24, 2.45) is 9.98 Å². The van der Waals surface area contributed by atoms with E-state index in [1.165, 1.54) is 0 Å². The van der Waals surface area contributed by atoms with Crippen LogP contribution >= 0.6 is 11.6 Å². The maximum Gasteiger partial charge on any atom is 0.227 e. The van der Waals surface area contributed by atoms with Crippen molar-refractivity contribution in [3.05, 3.63) is 52.8 Å². The Hall–Kier alpha value is -3.03. The van der Waals surface area contributed by atoms with Gasteiger partial charge in [0.15, 0.2) is 0 Å². The molecule has 1 aromatic carbocycles. The van der Waals surface area contributed by atoms with Crippen molar-refractivity contribution < 1.29 is 9.84 Å². The van der Waals surface area contributed by atoms with Gasteiger partial charge in [-0.1, -0.05) is 35.9 Å². The number of allylic oxidation sites excluding steroid dienone is 1. The van der Waals surface area contributed by atoms with Gasteiger partial charge in [-0.05, 0) is 26.1 Å². The van der Waals surface area contributed by atoms with Gasteiger partial charge in [-0.25, -0.2) is 9.98 Å². The topological polar surface area (TPSA) is 120 Å². The molecule has 0 aliphatic heterocycles. The lowest BCUT2D eigenvalue weighted by Crippen LogP contribution is -2.29. The maximum atomic E-state index is 10.2. The number of ether oxygens (including phenoxy) is 1. The van der Waals surface area contributed by atoms with E-state index in [4.69, 9.17) is 21.6 Å². The van der Waals surface area contributed by atoms with Crippen LogP contribution in [0.25, 0.3) is 5.70 Å². The second-order valence-electron chi connectivity index (χ2n) is 6.63. The van der Waals surface area contributed by atoms with Crippen LogP contribution in [0, 0.1) is 11.3 Å². The maximum absolute atomic E-state index is 10.2. The number of halogens is 1. The minimum absolute atomic E-state index is 0.259. The quantitative estimate of drug-likeness (QED) is 0.311. The summed E-state index contributed by atoms with van der Waals surface area (Å²) in [5.41, 5.74) is 2.55. The molecule has 164 valence electrons. The highest BCUT2D eigenvalue weighted by molar-refractivity contribution is 6.32. The average Bonchev–Trinajstić information content (AvgIpc) is 3.22. The summed E-state index contributed by atoms with van der Waals surface area (Å²) in [5, 5.41) is 29.6. The molecule has 0 spiro atoms. The number of aromatic nitrogens is 2. The first kappa shape index (κ1) is 24.2. The van der Waals surface area contributed by atoms with Gasteiger partial charge in [-0.3, -0.25) is 10.00 Å². The third-order valence-corrected chi connectivity index (χ3v) is 4.39. The summed E-state index contributed by atoms with van der Waals surface area (Å²) < 4.78 is 6.78. The molecule has 0 radical (unpaired) electrons. The number of nitriles is 1. The molecular formula is C21H26ClN7O2. The van der Waals surface area contributed by atoms with Crippen LogP contribution in [0.1, 0.15) is 31.2 Å². The Morgan fingerprint density at radius 1 is 1.42 bits per heavy atom. The van der Waals surface area contributed by atoms with Gasteiger partial charge in [0, 0.05) is 23.9 Å². The van der Waals surface area contributed by atoms with E-state index in [9.17, 15) is 5.11 Å². The fourth-order valence-corrected chi connectivity index (χ4v) is 2.76. The van der Waals surface area contributed by atoms with Crippen LogP contribution in [0.15, 0.2) is 51.7 Å². The lowest BCUT2D eigenvalue weighted by Gasteiger charge is -2.15. The SMILES string of the molecule is C=N/C(=N\C(=C(/C)Cl)c1ccc(C(O)N[C@@H](C)C#N)cc1)Nc1cnn(CCOC)c1. The van der Waals surface area contributed by atoms with Gasteiger partial charge in [-0.15, -0.1) is 0 Å². The van der Waals surface area contributed by atoms with Gasteiger partial charge < -0.3 is 15.2 Å². The van der Waals surface area contributed by atoms with E-state index in [2.05, 4.69) is 32.4 Å². The number of anilines is 1. The second kappa shape index (κ2) is 12.0. The molecule has 0 aliphatic carbocycles. The Bertz CT molecular complexity index is 972. The molecule has 10 heteroatoms. The van der Waals surface area contributed by atoms with Gasteiger partial charge >= 0.3 is 0 Å². The van der Waals surface area contributed by atoms with Crippen molar-refractivity contribution >= 4 is 35.7 Å². The molecular weight excluding hydrogens is 418 g/mol. The predicted molar refractivity (Wildman–Crippen MR) is 123 cm³/mol. The zero-order valence-electron chi connectivity index (χ0n) is 17.7. The average molecular weight is 444 g/mol. The van der Waals surface area contributed by atoms with E-state index in [0.29, 0.717) is 35.1 Å². The van der Waals surface area contributed by atoms with Crippen LogP contribution in [0.3, 0.4) is 0 Å². The van der Waals surface area contributed by atoms with Gasteiger partial charge in [0.2, 0.25) is 5.96 Å². The molecule has 3 N–H and O–H groups in total. The number of aliphatic imine (C=N–C) groups is 2. The third kappa shape index (κ3) is 7.31. The summed E-state index contributed by atoms with van der Waals surface area (Å²) in [6.45, 7) is 8.14. The van der Waals surface area contributed by atoms with Crippen LogP contribution < -0.4 is 10.6 Å². The Kier molecular flexibility index (Phi) is 9.37. The molecule has 1 unspecified atom stereocenters. The minimum Gasteiger partial charge on any atom is -0.383 e. The number of rotatable bonds is 9. The normalized spacial score (nSPS) is 14.4. The second-order valence-corrected chi connectivity index (χ2v) is 7.19. The number of hydrogen-bond acceptors (Lipinski definition) is 6. The number of benzene rings is 1.